The molecule has 106 valence electrons. The predicted octanol–water partition coefficient (Wildman–Crippen LogP) is 4.09. The monoisotopic (exact) mass is 410 g/mol. The number of nitrogens with zero attached hydrogens (tertiary/aromatic N) is 2. The second-order valence-corrected chi connectivity index (χ2v) is 6.17. The van der Waals surface area contributed by atoms with Crippen LogP contribution in [0.4, 0.5) is 0 Å². The van der Waals surface area contributed by atoms with Crippen LogP contribution in [0, 0.1) is 14.9 Å². The van der Waals surface area contributed by atoms with Gasteiger partial charge in [-0.3, -0.25) is 4.79 Å². The molecule has 5 heteroatoms. The van der Waals surface area contributed by atoms with Gasteiger partial charge in [-0.25, -0.2) is 0 Å². The number of carbonyl (C=O) groups is 1. The van der Waals surface area contributed by atoms with E-state index in [0.717, 1.165) is 9.13 Å². The Hall–Kier alpha value is -1.58. The molecule has 0 unspecified atom stereocenters. The summed E-state index contributed by atoms with van der Waals surface area (Å²) in [5.41, 5.74) is 2.06. The first kappa shape index (κ1) is 15.8. The Bertz CT molecular complexity index is 724. The molecule has 0 fully saturated rings. The normalized spacial score (nSPS) is 10.0. The van der Waals surface area contributed by atoms with Gasteiger partial charge in [0.2, 0.25) is 0 Å². The maximum atomic E-state index is 12.4. The molecule has 3 nitrogen and oxygen atoms in total. The zero-order valence-electron chi connectivity index (χ0n) is 11.3. The second kappa shape index (κ2) is 6.92. The van der Waals surface area contributed by atoms with Crippen LogP contribution in [-0.2, 0) is 6.54 Å². The highest BCUT2D eigenvalue weighted by Gasteiger charge is 2.13. The molecule has 0 aliphatic heterocycles. The minimum Gasteiger partial charge on any atom is -0.337 e. The first-order valence-corrected chi connectivity index (χ1v) is 7.66. The Morgan fingerprint density at radius 1 is 1.33 bits per heavy atom. The van der Waals surface area contributed by atoms with Crippen LogP contribution in [0.5, 0.6) is 0 Å². The molecule has 0 aliphatic carbocycles. The average Bonchev–Trinajstić information content (AvgIpc) is 2.49. The van der Waals surface area contributed by atoms with Crippen LogP contribution < -0.4 is 0 Å². The van der Waals surface area contributed by atoms with Crippen LogP contribution in [0.3, 0.4) is 0 Å². The van der Waals surface area contributed by atoms with Gasteiger partial charge in [0.1, 0.15) is 0 Å². The Labute approximate surface area is 142 Å². The first-order chi connectivity index (χ1) is 10.0. The Balaban J connectivity index is 2.15. The van der Waals surface area contributed by atoms with E-state index in [1.165, 1.54) is 0 Å². The largest absolute Gasteiger partial charge is 0.337 e. The molecule has 21 heavy (non-hydrogen) atoms. The summed E-state index contributed by atoms with van der Waals surface area (Å²) in [6.45, 7) is 0.442. The van der Waals surface area contributed by atoms with Gasteiger partial charge in [0, 0.05) is 22.7 Å². The topological polar surface area (TPSA) is 44.1 Å². The fourth-order valence-corrected chi connectivity index (χ4v) is 2.45. The van der Waals surface area contributed by atoms with Crippen molar-refractivity contribution in [2.45, 2.75) is 6.54 Å². The van der Waals surface area contributed by atoms with Crippen LogP contribution in [0.2, 0.25) is 5.02 Å². The lowest BCUT2D eigenvalue weighted by molar-refractivity contribution is 0.0785. The van der Waals surface area contributed by atoms with Crippen molar-refractivity contribution in [3.63, 3.8) is 0 Å². The van der Waals surface area contributed by atoms with Crippen molar-refractivity contribution in [1.29, 1.82) is 5.26 Å². The molecule has 0 heterocycles. The van der Waals surface area contributed by atoms with E-state index in [0.29, 0.717) is 22.7 Å². The summed E-state index contributed by atoms with van der Waals surface area (Å²) in [7, 11) is 1.73. The lowest BCUT2D eigenvalue weighted by Gasteiger charge is -2.17. The third-order valence-electron chi connectivity index (χ3n) is 2.99. The van der Waals surface area contributed by atoms with E-state index in [4.69, 9.17) is 16.9 Å². The van der Waals surface area contributed by atoms with Crippen molar-refractivity contribution in [3.8, 4) is 6.07 Å². The minimum absolute atomic E-state index is 0.101. The Kier molecular flexibility index (Phi) is 5.21. The van der Waals surface area contributed by atoms with Crippen LogP contribution in [0.25, 0.3) is 0 Å². The average molecular weight is 411 g/mol. The molecule has 0 aliphatic rings. The van der Waals surface area contributed by atoms with Crippen LogP contribution in [0.1, 0.15) is 21.5 Å². The summed E-state index contributed by atoms with van der Waals surface area (Å²) in [5.74, 6) is -0.101. The molecule has 2 rings (SSSR count). The van der Waals surface area contributed by atoms with E-state index in [9.17, 15) is 4.79 Å². The highest BCUT2D eigenvalue weighted by atomic mass is 127. The molecule has 2 aromatic rings. The summed E-state index contributed by atoms with van der Waals surface area (Å²) in [6.07, 6.45) is 0. The van der Waals surface area contributed by atoms with Crippen LogP contribution >= 0.6 is 34.2 Å². The SMILES string of the molecule is CN(Cc1cccc(C#N)c1)C(=O)c1ccc(I)c(Cl)c1. The number of hydrogen-bond acceptors (Lipinski definition) is 2. The second-order valence-electron chi connectivity index (χ2n) is 4.60. The van der Waals surface area contributed by atoms with E-state index < -0.39 is 0 Å². The van der Waals surface area contributed by atoms with Gasteiger partial charge in [0.05, 0.1) is 16.7 Å². The number of hydrogen-bond donors (Lipinski definition) is 0. The molecule has 0 radical (unpaired) electrons. The molecule has 0 bridgehead atoms. The number of rotatable bonds is 3. The van der Waals surface area contributed by atoms with Crippen molar-refractivity contribution in [3.05, 3.63) is 67.7 Å². The van der Waals surface area contributed by atoms with Crippen molar-refractivity contribution < 1.29 is 4.79 Å². The molecule has 2 aromatic carbocycles. The van der Waals surface area contributed by atoms with Gasteiger partial charge in [-0.15, -0.1) is 0 Å². The summed E-state index contributed by atoms with van der Waals surface area (Å²) in [6, 6.07) is 14.6. The number of carbonyl (C=O) groups excluding carboxylic acids is 1. The number of halogens is 2. The molecule has 0 saturated heterocycles. The molecular weight excluding hydrogens is 399 g/mol. The van der Waals surface area contributed by atoms with Crippen molar-refractivity contribution in [2.75, 3.05) is 7.05 Å². The van der Waals surface area contributed by atoms with Gasteiger partial charge in [-0.1, -0.05) is 23.7 Å². The standard InChI is InChI=1S/C16H12ClIN2O/c1-20(10-12-4-2-3-11(7-12)9-19)16(21)13-5-6-15(18)14(17)8-13/h2-8H,10H2,1H3. The van der Waals surface area contributed by atoms with E-state index in [2.05, 4.69) is 28.7 Å². The maximum absolute atomic E-state index is 12.4. The molecule has 0 saturated carbocycles. The zero-order valence-corrected chi connectivity index (χ0v) is 14.2. The number of benzene rings is 2. The third-order valence-corrected chi connectivity index (χ3v) is 4.56. The van der Waals surface area contributed by atoms with Gasteiger partial charge < -0.3 is 4.90 Å². The van der Waals surface area contributed by atoms with Crippen molar-refractivity contribution >= 4 is 40.1 Å². The molecule has 0 atom stereocenters. The Morgan fingerprint density at radius 3 is 2.76 bits per heavy atom. The van der Waals surface area contributed by atoms with E-state index in [1.54, 1.807) is 36.2 Å². The van der Waals surface area contributed by atoms with Crippen LogP contribution in [0.15, 0.2) is 42.5 Å². The highest BCUT2D eigenvalue weighted by Crippen LogP contribution is 2.20. The maximum Gasteiger partial charge on any atom is 0.253 e. The molecule has 0 N–H and O–H groups in total. The van der Waals surface area contributed by atoms with Gasteiger partial charge in [-0.05, 0) is 58.5 Å². The van der Waals surface area contributed by atoms with Crippen LogP contribution in [-0.4, -0.2) is 17.9 Å². The minimum atomic E-state index is -0.101. The van der Waals surface area contributed by atoms with E-state index >= 15 is 0 Å². The lowest BCUT2D eigenvalue weighted by Crippen LogP contribution is -2.26. The molecule has 1 amide bonds. The zero-order chi connectivity index (χ0) is 15.4. The predicted molar refractivity (Wildman–Crippen MR) is 91.1 cm³/mol. The van der Waals surface area contributed by atoms with Crippen molar-refractivity contribution in [2.24, 2.45) is 0 Å². The highest BCUT2D eigenvalue weighted by molar-refractivity contribution is 14.1. The van der Waals surface area contributed by atoms with Gasteiger partial charge in [-0.2, -0.15) is 5.26 Å². The smallest absolute Gasteiger partial charge is 0.253 e. The fraction of sp³-hybridized carbons (Fsp3) is 0.125. The first-order valence-electron chi connectivity index (χ1n) is 6.21. The third kappa shape index (κ3) is 3.96. The summed E-state index contributed by atoms with van der Waals surface area (Å²) in [4.78, 5) is 14.0. The summed E-state index contributed by atoms with van der Waals surface area (Å²) in [5, 5.41) is 9.46. The fourth-order valence-electron chi connectivity index (χ4n) is 1.93. The van der Waals surface area contributed by atoms with Gasteiger partial charge >= 0.3 is 0 Å². The number of amides is 1. The van der Waals surface area contributed by atoms with Gasteiger partial charge in [0.25, 0.3) is 5.91 Å². The lowest BCUT2D eigenvalue weighted by atomic mass is 10.1. The summed E-state index contributed by atoms with van der Waals surface area (Å²) >= 11 is 8.17. The van der Waals surface area contributed by atoms with E-state index in [1.807, 2.05) is 18.2 Å². The quantitative estimate of drug-likeness (QED) is 0.716. The Morgan fingerprint density at radius 2 is 2.10 bits per heavy atom. The summed E-state index contributed by atoms with van der Waals surface area (Å²) < 4.78 is 0.912. The molecule has 0 spiro atoms. The molecular formula is C16H12ClIN2O. The van der Waals surface area contributed by atoms with Crippen molar-refractivity contribution in [1.82, 2.24) is 4.90 Å². The molecule has 0 aromatic heterocycles. The van der Waals surface area contributed by atoms with Gasteiger partial charge in [0.15, 0.2) is 0 Å². The van der Waals surface area contributed by atoms with E-state index in [-0.39, 0.29) is 5.91 Å². The number of nitriles is 1.